The third-order valence-corrected chi connectivity index (χ3v) is 3.31. The largest absolute Gasteiger partial charge is 0.399 e. The standard InChI is InChI=1S/C12H13N3S/c1-9-10(4-2-5-11(9)13)8-16-12-14-6-3-7-15-12/h2-7H,8,13H2,1H3. The van der Waals surface area contributed by atoms with E-state index in [0.717, 1.165) is 22.2 Å². The van der Waals surface area contributed by atoms with Gasteiger partial charge < -0.3 is 5.73 Å². The molecular formula is C12H13N3S. The van der Waals surface area contributed by atoms with Gasteiger partial charge in [0.2, 0.25) is 0 Å². The van der Waals surface area contributed by atoms with Crippen molar-refractivity contribution in [1.29, 1.82) is 0 Å². The van der Waals surface area contributed by atoms with Crippen LogP contribution in [0.4, 0.5) is 5.69 Å². The SMILES string of the molecule is Cc1c(N)cccc1CSc1ncccn1. The van der Waals surface area contributed by atoms with Crippen LogP contribution in [0.25, 0.3) is 0 Å². The molecule has 2 N–H and O–H groups in total. The third kappa shape index (κ3) is 2.52. The number of benzene rings is 1. The van der Waals surface area contributed by atoms with Crippen molar-refractivity contribution in [2.24, 2.45) is 0 Å². The molecule has 0 radical (unpaired) electrons. The van der Waals surface area contributed by atoms with Crippen LogP contribution in [0.1, 0.15) is 11.1 Å². The van der Waals surface area contributed by atoms with Crippen LogP contribution in [0.2, 0.25) is 0 Å². The van der Waals surface area contributed by atoms with E-state index >= 15 is 0 Å². The molecule has 0 amide bonds. The first-order chi connectivity index (χ1) is 7.77. The Morgan fingerprint density at radius 3 is 2.69 bits per heavy atom. The molecule has 0 aliphatic heterocycles. The van der Waals surface area contributed by atoms with Gasteiger partial charge in [-0.1, -0.05) is 23.9 Å². The summed E-state index contributed by atoms with van der Waals surface area (Å²) < 4.78 is 0. The number of nitrogen functional groups attached to an aromatic ring is 1. The molecule has 0 fully saturated rings. The Labute approximate surface area is 99.1 Å². The van der Waals surface area contributed by atoms with E-state index < -0.39 is 0 Å². The van der Waals surface area contributed by atoms with E-state index in [0.29, 0.717) is 0 Å². The number of anilines is 1. The summed E-state index contributed by atoms with van der Waals surface area (Å²) in [5, 5.41) is 0.796. The van der Waals surface area contributed by atoms with Crippen LogP contribution in [0.15, 0.2) is 41.8 Å². The monoisotopic (exact) mass is 231 g/mol. The van der Waals surface area contributed by atoms with Crippen molar-refractivity contribution in [3.63, 3.8) is 0 Å². The number of hydrogen-bond donors (Lipinski definition) is 1. The second kappa shape index (κ2) is 4.99. The van der Waals surface area contributed by atoms with Crippen LogP contribution in [-0.4, -0.2) is 9.97 Å². The molecule has 2 aromatic rings. The molecule has 0 saturated carbocycles. The Balaban J connectivity index is 2.08. The molecule has 0 atom stereocenters. The van der Waals surface area contributed by atoms with E-state index in [1.807, 2.05) is 25.1 Å². The zero-order chi connectivity index (χ0) is 11.4. The first-order valence-electron chi connectivity index (χ1n) is 5.01. The molecule has 0 saturated heterocycles. The average molecular weight is 231 g/mol. The summed E-state index contributed by atoms with van der Waals surface area (Å²) in [5.41, 5.74) is 9.07. The van der Waals surface area contributed by atoms with E-state index in [1.54, 1.807) is 24.2 Å². The van der Waals surface area contributed by atoms with E-state index in [-0.39, 0.29) is 0 Å². The van der Waals surface area contributed by atoms with Gasteiger partial charge in [0.25, 0.3) is 0 Å². The van der Waals surface area contributed by atoms with Crippen molar-refractivity contribution >= 4 is 17.4 Å². The van der Waals surface area contributed by atoms with Gasteiger partial charge in [-0.15, -0.1) is 0 Å². The predicted octanol–water partition coefficient (Wildman–Crippen LogP) is 2.66. The van der Waals surface area contributed by atoms with Crippen LogP contribution in [-0.2, 0) is 5.75 Å². The highest BCUT2D eigenvalue weighted by Crippen LogP contribution is 2.23. The molecule has 16 heavy (non-hydrogen) atoms. The predicted molar refractivity (Wildman–Crippen MR) is 67.2 cm³/mol. The summed E-state index contributed by atoms with van der Waals surface area (Å²) in [6.07, 6.45) is 3.50. The number of thioether (sulfide) groups is 1. The molecule has 0 spiro atoms. The smallest absolute Gasteiger partial charge is 0.187 e. The van der Waals surface area contributed by atoms with Gasteiger partial charge in [0.05, 0.1) is 0 Å². The summed E-state index contributed by atoms with van der Waals surface area (Å²) in [6.45, 7) is 2.04. The second-order valence-corrected chi connectivity index (χ2v) is 4.39. The fourth-order valence-corrected chi connectivity index (χ4v) is 2.23. The lowest BCUT2D eigenvalue weighted by Crippen LogP contribution is -1.94. The number of hydrogen-bond acceptors (Lipinski definition) is 4. The Bertz CT molecular complexity index is 471. The Kier molecular flexibility index (Phi) is 3.41. The van der Waals surface area contributed by atoms with Crippen molar-refractivity contribution < 1.29 is 0 Å². The quantitative estimate of drug-likeness (QED) is 0.501. The van der Waals surface area contributed by atoms with Gasteiger partial charge in [-0.25, -0.2) is 9.97 Å². The highest BCUT2D eigenvalue weighted by molar-refractivity contribution is 7.98. The lowest BCUT2D eigenvalue weighted by molar-refractivity contribution is 0.966. The first kappa shape index (κ1) is 11.0. The van der Waals surface area contributed by atoms with E-state index in [2.05, 4.69) is 16.0 Å². The van der Waals surface area contributed by atoms with Gasteiger partial charge in [0, 0.05) is 23.8 Å². The maximum atomic E-state index is 5.85. The van der Waals surface area contributed by atoms with E-state index in [9.17, 15) is 0 Å². The molecule has 0 unspecified atom stereocenters. The Morgan fingerprint density at radius 2 is 1.94 bits per heavy atom. The summed E-state index contributed by atoms with van der Waals surface area (Å²) >= 11 is 1.62. The zero-order valence-corrected chi connectivity index (χ0v) is 9.87. The minimum absolute atomic E-state index is 0.796. The number of aromatic nitrogens is 2. The Hall–Kier alpha value is -1.55. The lowest BCUT2D eigenvalue weighted by atomic mass is 10.1. The Morgan fingerprint density at radius 1 is 1.19 bits per heavy atom. The van der Waals surface area contributed by atoms with Crippen LogP contribution in [0.3, 0.4) is 0 Å². The van der Waals surface area contributed by atoms with Gasteiger partial charge >= 0.3 is 0 Å². The van der Waals surface area contributed by atoms with Crippen LogP contribution in [0, 0.1) is 6.92 Å². The van der Waals surface area contributed by atoms with Crippen LogP contribution < -0.4 is 5.73 Å². The molecule has 4 heteroatoms. The average Bonchev–Trinajstić information content (AvgIpc) is 2.32. The highest BCUT2D eigenvalue weighted by atomic mass is 32.2. The molecule has 3 nitrogen and oxygen atoms in total. The minimum atomic E-state index is 0.796. The van der Waals surface area contributed by atoms with Gasteiger partial charge in [-0.3, -0.25) is 0 Å². The van der Waals surface area contributed by atoms with Gasteiger partial charge in [0.15, 0.2) is 5.16 Å². The van der Waals surface area contributed by atoms with E-state index in [1.165, 1.54) is 5.56 Å². The maximum absolute atomic E-state index is 5.85. The molecule has 1 aromatic carbocycles. The van der Waals surface area contributed by atoms with Crippen molar-refractivity contribution in [3.05, 3.63) is 47.8 Å². The summed E-state index contributed by atoms with van der Waals surface area (Å²) in [5.74, 6) is 0.848. The fourth-order valence-electron chi connectivity index (χ4n) is 1.36. The fraction of sp³-hybridized carbons (Fsp3) is 0.167. The second-order valence-electron chi connectivity index (χ2n) is 3.45. The molecule has 0 aliphatic rings. The van der Waals surface area contributed by atoms with Crippen molar-refractivity contribution in [1.82, 2.24) is 9.97 Å². The van der Waals surface area contributed by atoms with Crippen LogP contribution >= 0.6 is 11.8 Å². The molecule has 0 bridgehead atoms. The minimum Gasteiger partial charge on any atom is -0.399 e. The number of nitrogens with two attached hydrogens (primary N) is 1. The third-order valence-electron chi connectivity index (χ3n) is 2.39. The molecule has 2 rings (SSSR count). The number of nitrogens with zero attached hydrogens (tertiary/aromatic N) is 2. The van der Waals surface area contributed by atoms with Gasteiger partial charge in [-0.05, 0) is 30.2 Å². The summed E-state index contributed by atoms with van der Waals surface area (Å²) in [6, 6.07) is 7.80. The van der Waals surface area contributed by atoms with Crippen LogP contribution in [0.5, 0.6) is 0 Å². The number of rotatable bonds is 3. The lowest BCUT2D eigenvalue weighted by Gasteiger charge is -2.06. The molecule has 1 aromatic heterocycles. The maximum Gasteiger partial charge on any atom is 0.187 e. The highest BCUT2D eigenvalue weighted by Gasteiger charge is 2.03. The molecule has 0 aliphatic carbocycles. The summed E-state index contributed by atoms with van der Waals surface area (Å²) in [4.78, 5) is 8.33. The normalized spacial score (nSPS) is 10.3. The van der Waals surface area contributed by atoms with Gasteiger partial charge in [0.1, 0.15) is 0 Å². The molecule has 1 heterocycles. The zero-order valence-electron chi connectivity index (χ0n) is 9.05. The molecular weight excluding hydrogens is 218 g/mol. The first-order valence-corrected chi connectivity index (χ1v) is 5.99. The van der Waals surface area contributed by atoms with Crippen molar-refractivity contribution in [2.75, 3.05) is 5.73 Å². The summed E-state index contributed by atoms with van der Waals surface area (Å²) in [7, 11) is 0. The van der Waals surface area contributed by atoms with Crippen molar-refractivity contribution in [3.8, 4) is 0 Å². The molecule has 82 valence electrons. The van der Waals surface area contributed by atoms with E-state index in [4.69, 9.17) is 5.73 Å². The van der Waals surface area contributed by atoms with Crippen molar-refractivity contribution in [2.45, 2.75) is 17.8 Å². The topological polar surface area (TPSA) is 51.8 Å². The van der Waals surface area contributed by atoms with Gasteiger partial charge in [-0.2, -0.15) is 0 Å².